The van der Waals surface area contributed by atoms with Gasteiger partial charge in [-0.1, -0.05) is 12.2 Å². The summed E-state index contributed by atoms with van der Waals surface area (Å²) < 4.78 is 66.8. The third-order valence-electron chi connectivity index (χ3n) is 1.93. The lowest BCUT2D eigenvalue weighted by Gasteiger charge is -2.30. The summed E-state index contributed by atoms with van der Waals surface area (Å²) in [5, 5.41) is 0. The second-order valence-electron chi connectivity index (χ2n) is 5.42. The molecule has 0 rings (SSSR count). The minimum Gasteiger partial charge on any atom is -0.387 e. The van der Waals surface area contributed by atoms with Crippen molar-refractivity contribution < 1.29 is 31.1 Å². The van der Waals surface area contributed by atoms with E-state index in [1.807, 2.05) is 19.6 Å². The largest absolute Gasteiger partial charge is 0.522 e. The Bertz CT molecular complexity index is 303. The first-order valence-corrected chi connectivity index (χ1v) is 10.2. The van der Waals surface area contributed by atoms with Gasteiger partial charge in [0, 0.05) is 12.8 Å². The lowest BCUT2D eigenvalue weighted by molar-refractivity contribution is -0.324. The van der Waals surface area contributed by atoms with Gasteiger partial charge in [0.15, 0.2) is 8.32 Å². The van der Waals surface area contributed by atoms with E-state index >= 15 is 0 Å². The highest BCUT2D eigenvalue weighted by molar-refractivity contribution is 6.69. The van der Waals surface area contributed by atoms with Crippen LogP contribution in [0.15, 0.2) is 25.3 Å². The van der Waals surface area contributed by atoms with Crippen LogP contribution in [0.2, 0.25) is 19.6 Å². The molecule has 132 valence electrons. The summed E-state index contributed by atoms with van der Waals surface area (Å²) in [6, 6.07) is 0. The molecule has 22 heavy (non-hydrogen) atoms. The van der Waals surface area contributed by atoms with E-state index in [4.69, 9.17) is 4.43 Å². The smallest absolute Gasteiger partial charge is 0.387 e. The highest BCUT2D eigenvalue weighted by atomic mass is 28.4. The molecule has 0 unspecified atom stereocenters. The number of hydrogen-bond donors (Lipinski definition) is 0. The maximum absolute atomic E-state index is 14.0. The Balaban J connectivity index is 0. The first kappa shape index (κ1) is 23.5. The van der Waals surface area contributed by atoms with E-state index in [2.05, 4.69) is 17.9 Å². The van der Waals surface area contributed by atoms with Gasteiger partial charge in [-0.2, -0.15) is 0 Å². The summed E-state index contributed by atoms with van der Waals surface area (Å²) in [6.07, 6.45) is -1.28. The third-order valence-corrected chi connectivity index (χ3v) is 2.91. The fourth-order valence-corrected chi connectivity index (χ4v) is 2.65. The highest BCUT2D eigenvalue weighted by Gasteiger charge is 2.33. The molecule has 0 N–H and O–H groups in total. The van der Waals surface area contributed by atoms with Crippen molar-refractivity contribution in [1.82, 2.24) is 0 Å². The predicted molar refractivity (Wildman–Crippen MR) is 80.5 cm³/mol. The van der Waals surface area contributed by atoms with Crippen LogP contribution in [0.25, 0.3) is 0 Å². The van der Waals surface area contributed by atoms with Gasteiger partial charge in [0.05, 0.1) is 13.3 Å². The molecule has 8 heteroatoms. The average Bonchev–Trinajstić information content (AvgIpc) is 2.26. The van der Waals surface area contributed by atoms with Gasteiger partial charge in [-0.3, -0.25) is 9.13 Å². The van der Waals surface area contributed by atoms with Crippen molar-refractivity contribution in [1.29, 1.82) is 0 Å². The minimum absolute atomic E-state index is 0.209. The maximum atomic E-state index is 14.0. The van der Waals surface area contributed by atoms with Gasteiger partial charge in [-0.25, -0.2) is 4.39 Å². The minimum atomic E-state index is -4.62. The number of ether oxygens (including phenoxy) is 1. The Morgan fingerprint density at radius 2 is 1.45 bits per heavy atom. The summed E-state index contributed by atoms with van der Waals surface area (Å²) in [4.78, 5) is 0. The first-order chi connectivity index (χ1) is 9.89. The van der Waals surface area contributed by atoms with E-state index in [0.29, 0.717) is 0 Å². The molecule has 0 saturated heterocycles. The van der Waals surface area contributed by atoms with Crippen molar-refractivity contribution in [2.45, 2.75) is 51.1 Å². The van der Waals surface area contributed by atoms with Crippen molar-refractivity contribution in [2.24, 2.45) is 0 Å². The van der Waals surface area contributed by atoms with Gasteiger partial charge < -0.3 is 4.43 Å². The third kappa shape index (κ3) is 17.3. The Morgan fingerprint density at radius 3 is 1.73 bits per heavy atom. The molecule has 2 nitrogen and oxygen atoms in total. The molecule has 0 amide bonds. The van der Waals surface area contributed by atoms with Crippen LogP contribution in [0, 0.1) is 0 Å². The van der Waals surface area contributed by atoms with Crippen molar-refractivity contribution in [3.05, 3.63) is 25.3 Å². The molecule has 0 radical (unpaired) electrons. The van der Waals surface area contributed by atoms with Gasteiger partial charge in [-0.15, -0.1) is 26.3 Å². The average molecular weight is 348 g/mol. The molecular weight excluding hydrogens is 323 g/mol. The molecule has 0 aliphatic carbocycles. The van der Waals surface area contributed by atoms with Gasteiger partial charge in [-0.05, 0) is 26.1 Å². The molecular formula is C14H25F5O2Si. The Morgan fingerprint density at radius 1 is 1.00 bits per heavy atom. The van der Waals surface area contributed by atoms with Gasteiger partial charge in [0.1, 0.15) is 0 Å². The van der Waals surface area contributed by atoms with E-state index in [0.717, 1.165) is 0 Å². The molecule has 0 atom stereocenters. The predicted octanol–water partition coefficient (Wildman–Crippen LogP) is 5.54. The van der Waals surface area contributed by atoms with Crippen LogP contribution in [-0.2, 0) is 9.16 Å². The van der Waals surface area contributed by atoms with E-state index in [1.54, 1.807) is 12.2 Å². The van der Waals surface area contributed by atoms with Crippen LogP contribution in [0.1, 0.15) is 19.3 Å². The monoisotopic (exact) mass is 348 g/mol. The van der Waals surface area contributed by atoms with E-state index in [-0.39, 0.29) is 19.3 Å². The quantitative estimate of drug-likeness (QED) is 0.236. The fraction of sp³-hybridized carbons (Fsp3) is 0.714. The maximum Gasteiger partial charge on any atom is 0.522 e. The Kier molecular flexibility index (Phi) is 11.7. The second kappa shape index (κ2) is 10.9. The van der Waals surface area contributed by atoms with Crippen LogP contribution < -0.4 is 0 Å². The Labute approximate surface area is 130 Å². The Hall–Kier alpha value is -0.733. The van der Waals surface area contributed by atoms with Crippen molar-refractivity contribution in [2.75, 3.05) is 13.3 Å². The fourth-order valence-electron chi connectivity index (χ4n) is 1.39. The zero-order valence-corrected chi connectivity index (χ0v) is 14.3. The number of hydrogen-bond acceptors (Lipinski definition) is 2. The van der Waals surface area contributed by atoms with Crippen LogP contribution in [0.3, 0.4) is 0 Å². The lowest BCUT2D eigenvalue weighted by atomic mass is 10.1. The van der Waals surface area contributed by atoms with Crippen LogP contribution in [0.4, 0.5) is 22.0 Å². The van der Waals surface area contributed by atoms with Crippen LogP contribution >= 0.6 is 0 Å². The number of rotatable bonds is 9. The van der Waals surface area contributed by atoms with Crippen molar-refractivity contribution in [3.8, 4) is 0 Å². The highest BCUT2D eigenvalue weighted by Crippen LogP contribution is 2.27. The molecule has 0 aromatic rings. The second-order valence-corrected chi connectivity index (χ2v) is 9.85. The molecule has 0 heterocycles. The zero-order valence-electron chi connectivity index (χ0n) is 13.3. The zero-order chi connectivity index (χ0) is 17.9. The van der Waals surface area contributed by atoms with Crippen LogP contribution in [-0.4, -0.2) is 33.8 Å². The number of alkyl halides is 5. The van der Waals surface area contributed by atoms with Crippen LogP contribution in [0.5, 0.6) is 0 Å². The van der Waals surface area contributed by atoms with Crippen molar-refractivity contribution in [3.63, 3.8) is 0 Å². The molecule has 0 aromatic carbocycles. The van der Waals surface area contributed by atoms with Gasteiger partial charge >= 0.3 is 6.36 Å². The standard InChI is InChI=1S/C10H19FOSi.C4H6F4O/c1-6-8-10(11,9-7-2)12-13(3,4)5;5-2-1-3-9-4(6,7)8/h6-7H,1-2,8-9H2,3-5H3;1-3H2. The molecule has 0 fully saturated rings. The van der Waals surface area contributed by atoms with E-state index in [1.165, 1.54) is 0 Å². The normalized spacial score (nSPS) is 12.4. The van der Waals surface area contributed by atoms with E-state index in [9.17, 15) is 22.0 Å². The molecule has 0 spiro atoms. The molecule has 0 aliphatic rings. The van der Waals surface area contributed by atoms with E-state index < -0.39 is 33.8 Å². The summed E-state index contributed by atoms with van der Waals surface area (Å²) in [5.74, 6) is -1.59. The first-order valence-electron chi connectivity index (χ1n) is 6.76. The van der Waals surface area contributed by atoms with Gasteiger partial charge in [0.2, 0.25) is 5.85 Å². The summed E-state index contributed by atoms with van der Waals surface area (Å²) in [5.41, 5.74) is 0. The molecule has 0 bridgehead atoms. The number of halogens is 5. The summed E-state index contributed by atoms with van der Waals surface area (Å²) in [6.45, 7) is 11.6. The lowest BCUT2D eigenvalue weighted by Crippen LogP contribution is -2.38. The molecule has 0 aliphatic heterocycles. The van der Waals surface area contributed by atoms with Crippen molar-refractivity contribution >= 4 is 8.32 Å². The molecule has 0 saturated carbocycles. The summed E-state index contributed by atoms with van der Waals surface area (Å²) in [7, 11) is -1.84. The summed E-state index contributed by atoms with van der Waals surface area (Å²) >= 11 is 0. The topological polar surface area (TPSA) is 18.5 Å². The van der Waals surface area contributed by atoms with Gasteiger partial charge in [0.25, 0.3) is 0 Å². The molecule has 0 aromatic heterocycles. The SMILES string of the molecule is C=CCC(F)(CC=C)O[Si](C)(C)C.FCCCOC(F)(F)F.